The van der Waals surface area contributed by atoms with E-state index in [1.165, 1.54) is 24.9 Å². The molecule has 2 aliphatic rings. The van der Waals surface area contributed by atoms with Crippen molar-refractivity contribution in [2.24, 2.45) is 5.92 Å². The number of benzene rings is 1. The summed E-state index contributed by atoms with van der Waals surface area (Å²) < 4.78 is 32.3. The van der Waals surface area contributed by atoms with E-state index in [9.17, 15) is 19.2 Å². The molecule has 56 heavy (non-hydrogen) atoms. The van der Waals surface area contributed by atoms with Crippen LogP contribution in [0.3, 0.4) is 0 Å². The molecule has 0 bridgehead atoms. The van der Waals surface area contributed by atoms with Crippen LogP contribution in [0.25, 0.3) is 0 Å². The Balaban J connectivity index is 1.27. The van der Waals surface area contributed by atoms with Gasteiger partial charge in [-0.1, -0.05) is 31.4 Å². The maximum absolute atomic E-state index is 14.4. The number of hydrogen-bond donors (Lipinski definition) is 1. The number of rotatable bonds is 22. The van der Waals surface area contributed by atoms with Gasteiger partial charge in [0.15, 0.2) is 0 Å². The molecule has 1 aliphatic carbocycles. The number of nitrogens with one attached hydrogen (secondary N) is 1. The van der Waals surface area contributed by atoms with Crippen molar-refractivity contribution in [2.45, 2.75) is 103 Å². The lowest BCUT2D eigenvalue weighted by Crippen LogP contribution is -2.54. The summed E-state index contributed by atoms with van der Waals surface area (Å²) in [5.74, 6) is 0.312. The van der Waals surface area contributed by atoms with E-state index in [0.717, 1.165) is 43.5 Å². The second kappa shape index (κ2) is 22.9. The Morgan fingerprint density at radius 1 is 0.946 bits per heavy atom. The highest BCUT2D eigenvalue weighted by molar-refractivity contribution is 7.10. The predicted molar refractivity (Wildman–Crippen MR) is 212 cm³/mol. The van der Waals surface area contributed by atoms with Crippen LogP contribution in [0.2, 0.25) is 0 Å². The Morgan fingerprint density at radius 2 is 1.62 bits per heavy atom. The molecule has 4 rings (SSSR count). The van der Waals surface area contributed by atoms with Crippen molar-refractivity contribution < 1.29 is 47.6 Å². The highest BCUT2D eigenvalue weighted by Crippen LogP contribution is 2.36. The largest absolute Gasteiger partial charge is 0.491 e. The van der Waals surface area contributed by atoms with E-state index in [1.54, 1.807) is 41.6 Å². The quantitative estimate of drug-likeness (QED) is 0.0867. The third-order valence-corrected chi connectivity index (χ3v) is 10.9. The zero-order chi connectivity index (χ0) is 40.5. The average Bonchev–Trinajstić information content (AvgIpc) is 3.88. The summed E-state index contributed by atoms with van der Waals surface area (Å²) in [5, 5.41) is 6.12. The summed E-state index contributed by atoms with van der Waals surface area (Å²) >= 11 is 1.42. The first-order valence-electron chi connectivity index (χ1n) is 19.9. The van der Waals surface area contributed by atoms with Crippen LogP contribution in [-0.2, 0) is 33.3 Å². The third-order valence-electron chi connectivity index (χ3n) is 9.95. The molecule has 2 fully saturated rings. The van der Waals surface area contributed by atoms with Crippen LogP contribution in [0.5, 0.6) is 5.75 Å². The van der Waals surface area contributed by atoms with Crippen molar-refractivity contribution >= 4 is 35.1 Å². The molecule has 0 unspecified atom stereocenters. The molecule has 0 spiro atoms. The number of ether oxygens (including phenoxy) is 6. The number of carbonyl (C=O) groups is 4. The number of esters is 1. The first-order chi connectivity index (χ1) is 26.9. The first-order valence-corrected chi connectivity index (χ1v) is 20.8. The molecular formula is C41H62N4O10S. The number of aromatic nitrogens is 1. The molecular weight excluding hydrogens is 741 g/mol. The standard InChI is InChI=1S/C41H62N4O10S/c1-29(44(5)40(49)55-41(2,3)4)27-42-36(30-12-8-7-9-13-30)39(48)45-18-11-16-34(45)38-43-33(28-56-38)37(47)31-14-10-15-32(26-31)54-25-24-53-23-22-52-21-20-51-19-17-35(46)50-6/h10,14-15,26,28-30,34,36,42H,7-9,11-13,16-25,27H2,1-6H3/t29-,34-,36-/m0/s1. The van der Waals surface area contributed by atoms with Gasteiger partial charge in [-0.05, 0) is 71.4 Å². The van der Waals surface area contributed by atoms with Gasteiger partial charge in [-0.25, -0.2) is 9.78 Å². The average molecular weight is 803 g/mol. The maximum Gasteiger partial charge on any atom is 0.410 e. The van der Waals surface area contributed by atoms with Gasteiger partial charge in [0.25, 0.3) is 0 Å². The molecule has 1 saturated carbocycles. The second-order valence-electron chi connectivity index (χ2n) is 15.4. The van der Waals surface area contributed by atoms with Crippen molar-refractivity contribution in [3.8, 4) is 5.75 Å². The molecule has 14 nitrogen and oxygen atoms in total. The lowest BCUT2D eigenvalue weighted by molar-refractivity contribution is -0.142. The van der Waals surface area contributed by atoms with Gasteiger partial charge in [-0.2, -0.15) is 0 Å². The van der Waals surface area contributed by atoms with Gasteiger partial charge in [-0.3, -0.25) is 14.4 Å². The molecule has 2 amide bonds. The fraction of sp³-hybridized carbons (Fsp3) is 0.683. The number of ketones is 1. The van der Waals surface area contributed by atoms with Crippen molar-refractivity contribution in [2.75, 3.05) is 73.5 Å². The number of amides is 2. The van der Waals surface area contributed by atoms with Crippen LogP contribution in [0.15, 0.2) is 29.6 Å². The summed E-state index contributed by atoms with van der Waals surface area (Å²) in [5.41, 5.74) is 0.221. The number of methoxy groups -OCH3 is 1. The summed E-state index contributed by atoms with van der Waals surface area (Å²) in [7, 11) is 3.07. The van der Waals surface area contributed by atoms with Crippen molar-refractivity contribution in [1.82, 2.24) is 20.1 Å². The molecule has 15 heteroatoms. The number of nitrogens with zero attached hydrogens (tertiary/aromatic N) is 3. The fourth-order valence-corrected chi connectivity index (χ4v) is 7.72. The van der Waals surface area contributed by atoms with Crippen LogP contribution >= 0.6 is 11.3 Å². The predicted octanol–water partition coefficient (Wildman–Crippen LogP) is 5.82. The van der Waals surface area contributed by atoms with Gasteiger partial charge in [0.2, 0.25) is 11.7 Å². The summed E-state index contributed by atoms with van der Waals surface area (Å²) in [6.45, 7) is 11.1. The minimum atomic E-state index is -0.593. The van der Waals surface area contributed by atoms with Gasteiger partial charge >= 0.3 is 12.1 Å². The maximum atomic E-state index is 14.4. The third kappa shape index (κ3) is 14.4. The van der Waals surface area contributed by atoms with Crippen molar-refractivity contribution in [3.05, 3.63) is 45.9 Å². The zero-order valence-electron chi connectivity index (χ0n) is 34.0. The van der Waals surface area contributed by atoms with E-state index < -0.39 is 11.7 Å². The van der Waals surface area contributed by atoms with Gasteiger partial charge in [0.1, 0.15) is 28.7 Å². The van der Waals surface area contributed by atoms with Crippen molar-refractivity contribution in [1.29, 1.82) is 0 Å². The van der Waals surface area contributed by atoms with Gasteiger partial charge < -0.3 is 43.5 Å². The molecule has 2 aromatic rings. The Hall–Kier alpha value is -3.63. The van der Waals surface area contributed by atoms with Gasteiger partial charge in [-0.15, -0.1) is 11.3 Å². The Morgan fingerprint density at radius 3 is 2.30 bits per heavy atom. The van der Waals surface area contributed by atoms with Crippen LogP contribution in [0.1, 0.15) is 106 Å². The first kappa shape index (κ1) is 45.1. The minimum Gasteiger partial charge on any atom is -0.491 e. The summed E-state index contributed by atoms with van der Waals surface area (Å²) in [4.78, 5) is 60.1. The number of carbonyl (C=O) groups excluding carboxylic acids is 4. The second-order valence-corrected chi connectivity index (χ2v) is 16.2. The lowest BCUT2D eigenvalue weighted by Gasteiger charge is -2.36. The van der Waals surface area contributed by atoms with Crippen LogP contribution in [-0.4, -0.2) is 130 Å². The molecule has 312 valence electrons. The minimum absolute atomic E-state index is 0.0645. The number of likely N-dealkylation sites (tertiary alicyclic amines) is 1. The lowest BCUT2D eigenvalue weighted by atomic mass is 9.83. The fourth-order valence-electron chi connectivity index (χ4n) is 6.78. The van der Waals surface area contributed by atoms with E-state index in [2.05, 4.69) is 10.1 Å². The van der Waals surface area contributed by atoms with Gasteiger partial charge in [0.05, 0.1) is 65.3 Å². The number of thiazole rings is 1. The van der Waals surface area contributed by atoms with Crippen molar-refractivity contribution in [3.63, 3.8) is 0 Å². The Labute approximate surface area is 335 Å². The van der Waals surface area contributed by atoms with E-state index in [4.69, 9.17) is 28.7 Å². The van der Waals surface area contributed by atoms with E-state index in [-0.39, 0.29) is 48.1 Å². The molecule has 3 atom stereocenters. The molecule has 2 heterocycles. The zero-order valence-corrected chi connectivity index (χ0v) is 34.9. The normalized spacial score (nSPS) is 17.3. The molecule has 0 radical (unpaired) electrons. The highest BCUT2D eigenvalue weighted by Gasteiger charge is 2.39. The summed E-state index contributed by atoms with van der Waals surface area (Å²) in [6, 6.07) is 6.27. The van der Waals surface area contributed by atoms with Crippen LogP contribution < -0.4 is 10.1 Å². The molecule has 1 saturated heterocycles. The Kier molecular flexibility index (Phi) is 18.5. The molecule has 1 N–H and O–H groups in total. The SMILES string of the molecule is COC(=O)CCOCCOCCOCCOc1cccc(C(=O)c2csc([C@@H]3CCCN3C(=O)[C@@H](NC[C@H](C)N(C)C(=O)OC(C)(C)C)C3CCCCC3)n2)c1. The van der Waals surface area contributed by atoms with Crippen LogP contribution in [0.4, 0.5) is 4.79 Å². The van der Waals surface area contributed by atoms with E-state index in [0.29, 0.717) is 76.3 Å². The monoisotopic (exact) mass is 802 g/mol. The Bertz CT molecular complexity index is 1540. The summed E-state index contributed by atoms with van der Waals surface area (Å²) in [6.07, 6.45) is 6.81. The smallest absolute Gasteiger partial charge is 0.410 e. The highest BCUT2D eigenvalue weighted by atomic mass is 32.1. The topological polar surface area (TPSA) is 155 Å². The molecule has 1 aliphatic heterocycles. The molecule has 1 aromatic carbocycles. The van der Waals surface area contributed by atoms with E-state index in [1.807, 2.05) is 32.6 Å². The van der Waals surface area contributed by atoms with E-state index >= 15 is 0 Å². The van der Waals surface area contributed by atoms with Gasteiger partial charge in [0, 0.05) is 37.1 Å². The number of hydrogen-bond acceptors (Lipinski definition) is 13. The van der Waals surface area contributed by atoms with Crippen LogP contribution in [0, 0.1) is 5.92 Å². The number of likely N-dealkylation sites (N-methyl/N-ethyl adjacent to an activating group) is 1. The molecule has 1 aromatic heterocycles.